The summed E-state index contributed by atoms with van der Waals surface area (Å²) in [5, 5.41) is 12.7. The normalized spacial score (nSPS) is 10.9. The highest BCUT2D eigenvalue weighted by atomic mass is 79.9. The number of hydrogen-bond acceptors (Lipinski definition) is 5. The maximum atomic E-state index is 5.86. The van der Waals surface area contributed by atoms with Crippen molar-refractivity contribution in [2.24, 2.45) is 7.05 Å². The Labute approximate surface area is 164 Å². The molecule has 2 aromatic carbocycles. The lowest BCUT2D eigenvalue weighted by atomic mass is 10.1. The molecule has 27 heavy (non-hydrogen) atoms. The van der Waals surface area contributed by atoms with E-state index in [0.717, 1.165) is 32.6 Å². The van der Waals surface area contributed by atoms with Gasteiger partial charge in [0.05, 0.1) is 11.3 Å². The van der Waals surface area contributed by atoms with E-state index in [-0.39, 0.29) is 0 Å². The molecule has 2 aromatic heterocycles. The molecule has 0 spiro atoms. The molecule has 0 atom stereocenters. The second kappa shape index (κ2) is 7.36. The average Bonchev–Trinajstić information content (AvgIpc) is 3.28. The summed E-state index contributed by atoms with van der Waals surface area (Å²) in [6.45, 7) is 2.37. The zero-order valence-electron chi connectivity index (χ0n) is 14.9. The van der Waals surface area contributed by atoms with E-state index in [9.17, 15) is 0 Å². The van der Waals surface area contributed by atoms with E-state index in [0.29, 0.717) is 18.4 Å². The van der Waals surface area contributed by atoms with Crippen molar-refractivity contribution in [1.29, 1.82) is 0 Å². The van der Waals surface area contributed by atoms with Crippen LogP contribution in [0.25, 0.3) is 22.9 Å². The summed E-state index contributed by atoms with van der Waals surface area (Å²) in [5.41, 5.74) is 3.57. The van der Waals surface area contributed by atoms with E-state index in [2.05, 4.69) is 31.2 Å². The molecule has 0 N–H and O–H groups in total. The van der Waals surface area contributed by atoms with E-state index in [1.165, 1.54) is 0 Å². The van der Waals surface area contributed by atoms with Gasteiger partial charge in [0.1, 0.15) is 12.4 Å². The first-order valence-electron chi connectivity index (χ1n) is 8.40. The van der Waals surface area contributed by atoms with Gasteiger partial charge in [0.15, 0.2) is 0 Å². The molecule has 0 unspecified atom stereocenters. The van der Waals surface area contributed by atoms with Crippen LogP contribution in [0.5, 0.6) is 5.75 Å². The highest BCUT2D eigenvalue weighted by Crippen LogP contribution is 2.26. The van der Waals surface area contributed by atoms with Gasteiger partial charge in [-0.1, -0.05) is 28.1 Å². The molecule has 0 amide bonds. The van der Waals surface area contributed by atoms with Gasteiger partial charge in [-0.3, -0.25) is 4.68 Å². The molecule has 0 bridgehead atoms. The Morgan fingerprint density at radius 1 is 1.07 bits per heavy atom. The van der Waals surface area contributed by atoms with Crippen molar-refractivity contribution >= 4 is 15.9 Å². The molecular formula is C20H17BrN4O2. The van der Waals surface area contributed by atoms with Gasteiger partial charge in [0.25, 0.3) is 5.89 Å². The fraction of sp³-hybridized carbons (Fsp3) is 0.150. The molecule has 0 aliphatic heterocycles. The Morgan fingerprint density at radius 2 is 1.85 bits per heavy atom. The number of hydrogen-bond donors (Lipinski definition) is 0. The van der Waals surface area contributed by atoms with Crippen LogP contribution >= 0.6 is 15.9 Å². The third-order valence-electron chi connectivity index (χ3n) is 4.06. The number of ether oxygens (including phenoxy) is 1. The Bertz CT molecular complexity index is 1070. The molecule has 0 radical (unpaired) electrons. The second-order valence-electron chi connectivity index (χ2n) is 6.16. The van der Waals surface area contributed by atoms with Crippen molar-refractivity contribution in [1.82, 2.24) is 20.0 Å². The lowest BCUT2D eigenvalue weighted by Gasteiger charge is -2.07. The molecule has 136 valence electrons. The Hall–Kier alpha value is -2.93. The maximum Gasteiger partial charge on any atom is 0.251 e. The summed E-state index contributed by atoms with van der Waals surface area (Å²) in [7, 11) is 1.86. The zero-order chi connectivity index (χ0) is 18.8. The van der Waals surface area contributed by atoms with E-state index in [1.54, 1.807) is 4.68 Å². The van der Waals surface area contributed by atoms with Crippen LogP contribution in [0.4, 0.5) is 0 Å². The van der Waals surface area contributed by atoms with Crippen molar-refractivity contribution < 1.29 is 9.15 Å². The number of rotatable bonds is 5. The molecule has 6 nitrogen and oxygen atoms in total. The van der Waals surface area contributed by atoms with E-state index in [1.807, 2.05) is 68.7 Å². The van der Waals surface area contributed by atoms with Gasteiger partial charge < -0.3 is 9.15 Å². The van der Waals surface area contributed by atoms with Crippen LogP contribution in [0.2, 0.25) is 0 Å². The third kappa shape index (κ3) is 3.93. The molecule has 7 heteroatoms. The second-order valence-corrected chi connectivity index (χ2v) is 7.07. The highest BCUT2D eigenvalue weighted by molar-refractivity contribution is 9.10. The lowest BCUT2D eigenvalue weighted by Crippen LogP contribution is -1.95. The van der Waals surface area contributed by atoms with Gasteiger partial charge >= 0.3 is 0 Å². The summed E-state index contributed by atoms with van der Waals surface area (Å²) in [4.78, 5) is 0. The van der Waals surface area contributed by atoms with E-state index < -0.39 is 0 Å². The summed E-state index contributed by atoms with van der Waals surface area (Å²) in [6, 6.07) is 15.6. The standard InChI is InChI=1S/C20H17BrN4O2/c1-13-18(11-25(2)24-13)20-23-22-19(27-20)15-5-3-4-14(10-15)12-26-17-8-6-16(21)7-9-17/h3-11H,12H2,1-2H3. The fourth-order valence-electron chi connectivity index (χ4n) is 2.75. The number of benzene rings is 2. The number of halogens is 1. The van der Waals surface area contributed by atoms with Crippen molar-refractivity contribution in [2.75, 3.05) is 0 Å². The highest BCUT2D eigenvalue weighted by Gasteiger charge is 2.15. The molecule has 4 aromatic rings. The SMILES string of the molecule is Cc1nn(C)cc1-c1nnc(-c2cccc(COc3ccc(Br)cc3)c2)o1. The summed E-state index contributed by atoms with van der Waals surface area (Å²) in [5.74, 6) is 1.75. The largest absolute Gasteiger partial charge is 0.489 e. The summed E-state index contributed by atoms with van der Waals surface area (Å²) in [6.07, 6.45) is 1.87. The molecule has 0 saturated carbocycles. The van der Waals surface area contributed by atoms with Gasteiger partial charge in [-0.25, -0.2) is 0 Å². The Kier molecular flexibility index (Phi) is 4.77. The number of nitrogens with zero attached hydrogens (tertiary/aromatic N) is 4. The van der Waals surface area contributed by atoms with Crippen molar-refractivity contribution in [3.8, 4) is 28.7 Å². The first-order chi connectivity index (χ1) is 13.1. The van der Waals surface area contributed by atoms with Crippen LogP contribution in [0.3, 0.4) is 0 Å². The molecule has 4 rings (SSSR count). The molecular weight excluding hydrogens is 408 g/mol. The fourth-order valence-corrected chi connectivity index (χ4v) is 3.01. The molecule has 0 saturated heterocycles. The van der Waals surface area contributed by atoms with Crippen LogP contribution in [-0.4, -0.2) is 20.0 Å². The minimum Gasteiger partial charge on any atom is -0.489 e. The first kappa shape index (κ1) is 17.5. The first-order valence-corrected chi connectivity index (χ1v) is 9.19. The minimum absolute atomic E-state index is 0.457. The Morgan fingerprint density at radius 3 is 2.59 bits per heavy atom. The quantitative estimate of drug-likeness (QED) is 0.460. The van der Waals surface area contributed by atoms with E-state index in [4.69, 9.17) is 9.15 Å². The van der Waals surface area contributed by atoms with Crippen molar-refractivity contribution in [3.63, 3.8) is 0 Å². The van der Waals surface area contributed by atoms with Crippen LogP contribution in [0.15, 0.2) is 63.6 Å². The molecule has 0 aliphatic rings. The molecule has 0 aliphatic carbocycles. The average molecular weight is 425 g/mol. The molecule has 2 heterocycles. The van der Waals surface area contributed by atoms with Crippen molar-refractivity contribution in [3.05, 3.63) is 70.5 Å². The van der Waals surface area contributed by atoms with Crippen LogP contribution < -0.4 is 4.74 Å². The minimum atomic E-state index is 0.457. The third-order valence-corrected chi connectivity index (χ3v) is 4.59. The molecule has 0 fully saturated rings. The maximum absolute atomic E-state index is 5.86. The van der Waals surface area contributed by atoms with Crippen LogP contribution in [-0.2, 0) is 13.7 Å². The topological polar surface area (TPSA) is 66.0 Å². The zero-order valence-corrected chi connectivity index (χ0v) is 16.5. The van der Waals surface area contributed by atoms with Gasteiger partial charge in [0.2, 0.25) is 5.89 Å². The summed E-state index contributed by atoms with van der Waals surface area (Å²) >= 11 is 3.42. The van der Waals surface area contributed by atoms with Gasteiger partial charge in [-0.15, -0.1) is 10.2 Å². The van der Waals surface area contributed by atoms with Gasteiger partial charge in [-0.2, -0.15) is 5.10 Å². The smallest absolute Gasteiger partial charge is 0.251 e. The predicted octanol–water partition coefficient (Wildman–Crippen LogP) is 4.79. The van der Waals surface area contributed by atoms with E-state index >= 15 is 0 Å². The lowest BCUT2D eigenvalue weighted by molar-refractivity contribution is 0.306. The number of aryl methyl sites for hydroxylation is 2. The van der Waals surface area contributed by atoms with Gasteiger partial charge in [-0.05, 0) is 48.9 Å². The number of aromatic nitrogens is 4. The Balaban J connectivity index is 1.52. The monoisotopic (exact) mass is 424 g/mol. The predicted molar refractivity (Wildman–Crippen MR) is 105 cm³/mol. The summed E-state index contributed by atoms with van der Waals surface area (Å²) < 4.78 is 14.4. The van der Waals surface area contributed by atoms with Crippen LogP contribution in [0, 0.1) is 6.92 Å². The van der Waals surface area contributed by atoms with Crippen LogP contribution in [0.1, 0.15) is 11.3 Å². The van der Waals surface area contributed by atoms with Crippen molar-refractivity contribution in [2.45, 2.75) is 13.5 Å². The van der Waals surface area contributed by atoms with Gasteiger partial charge in [0, 0.05) is 23.3 Å².